The summed E-state index contributed by atoms with van der Waals surface area (Å²) in [4.78, 5) is 131. The molecule has 4 rings (SSSR count). The zero-order chi connectivity index (χ0) is 50.2. The topological polar surface area (TPSA) is 310 Å². The Kier molecular flexibility index (Phi) is 19.9. The third-order valence-corrected chi connectivity index (χ3v) is 12.3. The van der Waals surface area contributed by atoms with Gasteiger partial charge in [0.2, 0.25) is 59.1 Å². The number of hydrogen-bond acceptors (Lipinski definition) is 11. The highest BCUT2D eigenvalue weighted by Crippen LogP contribution is 2.31. The molecule has 1 aliphatic rings. The summed E-state index contributed by atoms with van der Waals surface area (Å²) in [6, 6.07) is 5.98. The van der Waals surface area contributed by atoms with Crippen LogP contribution in [0.25, 0.3) is 10.8 Å². The van der Waals surface area contributed by atoms with E-state index in [0.29, 0.717) is 19.4 Å². The van der Waals surface area contributed by atoms with Crippen LogP contribution in [0.15, 0.2) is 65.8 Å². The lowest BCUT2D eigenvalue weighted by molar-refractivity contribution is -0.135. The van der Waals surface area contributed by atoms with E-state index in [1.54, 1.807) is 30.3 Å². The van der Waals surface area contributed by atoms with Gasteiger partial charge in [-0.25, -0.2) is 0 Å². The van der Waals surface area contributed by atoms with Gasteiger partial charge >= 0.3 is 0 Å². The second-order valence-corrected chi connectivity index (χ2v) is 17.9. The maximum absolute atomic E-state index is 14.1. The highest BCUT2D eigenvalue weighted by molar-refractivity contribution is 7.99. The van der Waals surface area contributed by atoms with Crippen molar-refractivity contribution in [1.29, 1.82) is 0 Å². The predicted molar refractivity (Wildman–Crippen MR) is 253 cm³/mol. The molecule has 0 saturated heterocycles. The summed E-state index contributed by atoms with van der Waals surface area (Å²) in [5.74, 6) is -7.13. The van der Waals surface area contributed by atoms with Crippen LogP contribution in [0, 0.1) is 0 Å². The van der Waals surface area contributed by atoms with Gasteiger partial charge in [0.25, 0.3) is 0 Å². The van der Waals surface area contributed by atoms with Crippen LogP contribution in [-0.2, 0) is 60.9 Å². The molecule has 22 heteroatoms. The van der Waals surface area contributed by atoms with E-state index in [9.17, 15) is 47.9 Å². The molecule has 10 amide bonds. The van der Waals surface area contributed by atoms with Crippen LogP contribution >= 0.6 is 11.8 Å². The minimum atomic E-state index is -1.27. The summed E-state index contributed by atoms with van der Waals surface area (Å²) in [7, 11) is 0. The second-order valence-electron chi connectivity index (χ2n) is 16.9. The summed E-state index contributed by atoms with van der Waals surface area (Å²) in [6.07, 6.45) is 3.18. The van der Waals surface area contributed by atoms with Gasteiger partial charge in [-0.05, 0) is 66.4 Å². The molecule has 11 N–H and O–H groups in total. The number of benzene rings is 2. The molecule has 21 nitrogen and oxygen atoms in total. The van der Waals surface area contributed by atoms with E-state index in [4.69, 9.17) is 5.73 Å². The smallest absolute Gasteiger partial charge is 0.244 e. The van der Waals surface area contributed by atoms with Gasteiger partial charge in [0.15, 0.2) is 0 Å². The lowest BCUT2D eigenvalue weighted by atomic mass is 10.1. The Hall–Kier alpha value is -6.97. The number of aryl methyl sites for hydroxylation is 1. The maximum atomic E-state index is 14.1. The summed E-state index contributed by atoms with van der Waals surface area (Å²) in [5.41, 5.74) is 6.47. The van der Waals surface area contributed by atoms with Crippen LogP contribution in [0.3, 0.4) is 0 Å². The van der Waals surface area contributed by atoms with E-state index in [-0.39, 0.29) is 18.6 Å². The van der Waals surface area contributed by atoms with Crippen LogP contribution in [0.2, 0.25) is 0 Å². The summed E-state index contributed by atoms with van der Waals surface area (Å²) < 4.78 is 1.98. The number of hydrogen-bond donors (Lipinski definition) is 10. The standard InChI is InChI=1S/C46H63N11O10S/c1-24-38(60)48-25(2)39(61)50-27(4)41(63)52-29(6)43(65)56-36(45(67)55-35(37(47)59)21-31-15-9-8-10-16-31)23-68-46-33-18-12-11-17-32(33)22-57(46)20-14-13-19-34(54-30(7)58)44(66)53-28(5)42(64)51-26(3)40(62)49-24/h8-12,15-18,22,24-29,34-36H,13-14,19-21,23H2,1-7H3,(H2,47,59)(H,48,60)(H,49,62)(H,50,61)(H,51,64)(H,52,63)(H,53,66)(H,54,58)(H,55,67)(H,56,65)/t24-,25-,26-,27-,28-,29-,34-,35-,36-/m0/s1. The number of carbonyl (C=O) groups is 10. The Bertz CT molecular complexity index is 2340. The molecule has 0 saturated carbocycles. The number of fused-ring (bicyclic) bond motifs is 3. The number of thioether (sulfide) groups is 1. The van der Waals surface area contributed by atoms with E-state index < -0.39 is 113 Å². The molecule has 3 aromatic rings. The summed E-state index contributed by atoms with van der Waals surface area (Å²) in [5, 5.41) is 25.5. The van der Waals surface area contributed by atoms with Crippen LogP contribution in [-0.4, -0.2) is 124 Å². The van der Waals surface area contributed by atoms with Crippen LogP contribution in [0.1, 0.15) is 73.3 Å². The largest absolute Gasteiger partial charge is 0.368 e. The van der Waals surface area contributed by atoms with Gasteiger partial charge in [-0.3, -0.25) is 47.9 Å². The normalized spacial score (nSPS) is 25.3. The van der Waals surface area contributed by atoms with Crippen LogP contribution in [0.5, 0.6) is 0 Å². The molecule has 0 radical (unpaired) electrons. The quantitative estimate of drug-likeness (QED) is 0.145. The Morgan fingerprint density at radius 2 is 1.10 bits per heavy atom. The molecule has 2 aromatic carbocycles. The van der Waals surface area contributed by atoms with E-state index in [1.165, 1.54) is 60.2 Å². The van der Waals surface area contributed by atoms with Crippen molar-refractivity contribution in [3.63, 3.8) is 0 Å². The average molecular weight is 962 g/mol. The van der Waals surface area contributed by atoms with Crippen molar-refractivity contribution in [3.8, 4) is 0 Å². The average Bonchev–Trinajstić information content (AvgIpc) is 3.64. The van der Waals surface area contributed by atoms with Crippen LogP contribution in [0.4, 0.5) is 0 Å². The molecule has 2 heterocycles. The fourth-order valence-corrected chi connectivity index (χ4v) is 8.25. The minimum absolute atomic E-state index is 0.0449. The van der Waals surface area contributed by atoms with Crippen molar-refractivity contribution in [1.82, 2.24) is 52.4 Å². The number of rotatable bonds is 6. The number of aromatic nitrogens is 1. The van der Waals surface area contributed by atoms with Gasteiger partial charge in [0.05, 0.1) is 5.03 Å². The molecule has 0 bridgehead atoms. The van der Waals surface area contributed by atoms with Crippen molar-refractivity contribution in [3.05, 3.63) is 66.4 Å². The Morgan fingerprint density at radius 1 is 0.647 bits per heavy atom. The maximum Gasteiger partial charge on any atom is 0.244 e. The summed E-state index contributed by atoms with van der Waals surface area (Å²) in [6.45, 7) is 9.95. The number of nitrogens with one attached hydrogen (secondary N) is 9. The molecule has 0 aliphatic carbocycles. The van der Waals surface area contributed by atoms with Gasteiger partial charge in [-0.1, -0.05) is 54.6 Å². The number of primary amides is 1. The fraction of sp³-hybridized carbons (Fsp3) is 0.478. The second kappa shape index (κ2) is 25.2. The highest BCUT2D eigenvalue weighted by Gasteiger charge is 2.31. The molecule has 1 aromatic heterocycles. The van der Waals surface area contributed by atoms with Gasteiger partial charge < -0.3 is 58.2 Å². The Morgan fingerprint density at radius 3 is 1.59 bits per heavy atom. The van der Waals surface area contributed by atoms with Crippen molar-refractivity contribution in [2.75, 3.05) is 5.75 Å². The van der Waals surface area contributed by atoms with Crippen LogP contribution < -0.4 is 53.6 Å². The van der Waals surface area contributed by atoms with Crippen molar-refractivity contribution in [2.24, 2.45) is 5.73 Å². The fourth-order valence-electron chi connectivity index (χ4n) is 7.04. The molecule has 68 heavy (non-hydrogen) atoms. The molecular formula is C46H63N11O10S. The zero-order valence-corrected chi connectivity index (χ0v) is 40.0. The third-order valence-electron chi connectivity index (χ3n) is 11.1. The number of nitrogens with two attached hydrogens (primary N) is 1. The molecule has 0 unspecified atom stereocenters. The SMILES string of the molecule is CC(=O)N[C@H]1CCCCn2cc3ccccc3c2SC[C@@H](C(=O)N[C@@H](Cc2ccccc2)C(N)=O)NC(=O)[C@H](C)NC(=O)[C@H](C)NC(=O)[C@H](C)NC(=O)[C@H](C)NC(=O)[C@H](C)NC(=O)[C@H](C)NC1=O. The van der Waals surface area contributed by atoms with E-state index in [1.807, 2.05) is 35.0 Å². The molecule has 368 valence electrons. The highest BCUT2D eigenvalue weighted by atomic mass is 32.2. The lowest BCUT2D eigenvalue weighted by Gasteiger charge is -2.25. The van der Waals surface area contributed by atoms with Gasteiger partial charge in [0, 0.05) is 42.6 Å². The van der Waals surface area contributed by atoms with Crippen molar-refractivity contribution >= 4 is 81.6 Å². The predicted octanol–water partition coefficient (Wildman–Crippen LogP) is -0.852. The first-order valence-corrected chi connectivity index (χ1v) is 23.4. The van der Waals surface area contributed by atoms with E-state index in [2.05, 4.69) is 47.9 Å². The van der Waals surface area contributed by atoms with Crippen molar-refractivity contribution in [2.45, 2.75) is 140 Å². The molecule has 9 atom stereocenters. The Balaban J connectivity index is 1.64. The van der Waals surface area contributed by atoms with Gasteiger partial charge in [-0.2, -0.15) is 0 Å². The Labute approximate surface area is 398 Å². The first kappa shape index (κ1) is 53.6. The monoisotopic (exact) mass is 961 g/mol. The van der Waals surface area contributed by atoms with Gasteiger partial charge in [-0.15, -0.1) is 11.8 Å². The number of amides is 10. The molecule has 0 fully saturated rings. The van der Waals surface area contributed by atoms with E-state index >= 15 is 0 Å². The molecule has 1 aliphatic heterocycles. The summed E-state index contributed by atoms with van der Waals surface area (Å²) >= 11 is 1.26. The molecule has 0 spiro atoms. The number of carbonyl (C=O) groups excluding carboxylic acids is 10. The lowest BCUT2D eigenvalue weighted by Crippen LogP contribution is -2.59. The number of nitrogens with zero attached hydrogens (tertiary/aromatic N) is 1. The zero-order valence-electron chi connectivity index (χ0n) is 39.2. The first-order valence-electron chi connectivity index (χ1n) is 22.4. The van der Waals surface area contributed by atoms with Gasteiger partial charge in [0.1, 0.15) is 54.4 Å². The third kappa shape index (κ3) is 15.8. The van der Waals surface area contributed by atoms with E-state index in [0.717, 1.165) is 21.4 Å². The minimum Gasteiger partial charge on any atom is -0.368 e. The molecular weight excluding hydrogens is 899 g/mol. The van der Waals surface area contributed by atoms with Crippen molar-refractivity contribution < 1.29 is 47.9 Å². The first-order chi connectivity index (χ1) is 32.1.